The van der Waals surface area contributed by atoms with Gasteiger partial charge in [-0.15, -0.1) is 0 Å². The lowest BCUT2D eigenvalue weighted by atomic mass is 9.99. The summed E-state index contributed by atoms with van der Waals surface area (Å²) in [6.45, 7) is 31.9. The molecule has 0 spiro atoms. The summed E-state index contributed by atoms with van der Waals surface area (Å²) in [5.41, 5.74) is 2.35. The standard InChI is InChI=1S/C20H38P6/c1-15(2,3)13-21-19(17(7,8)9)23-14(16(4,5)6)24-20(26(21)23,18(10,11)12)22(13)25(19)24/h13-14H,1-12H3. The molecule has 6 saturated heterocycles. The molecule has 4 unspecified atom stereocenters. The van der Waals surface area contributed by atoms with Gasteiger partial charge in [0.25, 0.3) is 0 Å². The molecule has 6 aliphatic rings. The maximum Gasteiger partial charge on any atom is 0.0527 e. The van der Waals surface area contributed by atoms with Crippen LogP contribution in [-0.4, -0.2) is 20.1 Å². The number of rotatable bonds is 0. The van der Waals surface area contributed by atoms with Crippen LogP contribution < -0.4 is 0 Å². The van der Waals surface area contributed by atoms with Crippen molar-refractivity contribution in [2.75, 3.05) is 0 Å². The Morgan fingerprint density at radius 2 is 0.692 bits per heavy atom. The lowest BCUT2D eigenvalue weighted by Gasteiger charge is -2.78. The first-order valence-electron chi connectivity index (χ1n) is 10.3. The highest BCUT2D eigenvalue weighted by molar-refractivity contribution is 9.00. The molecule has 0 amide bonds. The summed E-state index contributed by atoms with van der Waals surface area (Å²) in [6, 6.07) is 0. The fourth-order valence-electron chi connectivity index (χ4n) is 6.58. The summed E-state index contributed by atoms with van der Waals surface area (Å²) in [5, 5.41) is 2.36. The SMILES string of the molecule is CC(C)(C)C1P2P3P4C(C(C)(C)C)P5P(P1C53C(C)(C)C)C24C(C)(C)C. The third-order valence-corrected chi connectivity index (χ3v) is 63.3. The third kappa shape index (κ3) is 1.72. The van der Waals surface area contributed by atoms with Crippen molar-refractivity contribution in [3.63, 3.8) is 0 Å². The predicted octanol–water partition coefficient (Wildman–Crippen LogP) is 10.7. The van der Waals surface area contributed by atoms with Crippen LogP contribution in [0.3, 0.4) is 0 Å². The highest BCUT2D eigenvalue weighted by Gasteiger charge is 3.04. The Hall–Kier alpha value is 2.58. The third-order valence-electron chi connectivity index (χ3n) is 7.14. The van der Waals surface area contributed by atoms with Crippen molar-refractivity contribution in [1.82, 2.24) is 0 Å². The molecular formula is C20H38P6. The molecule has 0 aromatic rings. The van der Waals surface area contributed by atoms with Crippen LogP contribution in [0.1, 0.15) is 83.1 Å². The Balaban J connectivity index is 1.76. The predicted molar refractivity (Wildman–Crippen MR) is 132 cm³/mol. The minimum atomic E-state index is 0.337. The van der Waals surface area contributed by atoms with Gasteiger partial charge < -0.3 is 0 Å². The zero-order valence-corrected chi connectivity index (χ0v) is 24.2. The summed E-state index contributed by atoms with van der Waals surface area (Å²) in [7, 11) is 2.13. The van der Waals surface area contributed by atoms with E-state index in [0.717, 1.165) is 9.28 Å². The second kappa shape index (κ2) is 4.98. The topological polar surface area (TPSA) is 0 Å². The molecule has 0 aliphatic carbocycles. The molecule has 4 bridgehead atoms. The second-order valence-electron chi connectivity index (χ2n) is 13.2. The van der Waals surface area contributed by atoms with E-state index in [1.165, 1.54) is 10.8 Å². The Morgan fingerprint density at radius 3 is 0.846 bits per heavy atom. The van der Waals surface area contributed by atoms with E-state index in [1.54, 1.807) is 0 Å². The normalized spacial score (nSPS) is 56.8. The van der Waals surface area contributed by atoms with E-state index in [4.69, 9.17) is 0 Å². The van der Waals surface area contributed by atoms with Gasteiger partial charge in [0.1, 0.15) is 0 Å². The number of hydrogen-bond acceptors (Lipinski definition) is 0. The molecule has 0 radical (unpaired) electrons. The lowest BCUT2D eigenvalue weighted by Crippen LogP contribution is -2.48. The Bertz CT molecular complexity index is 603. The second-order valence-corrected chi connectivity index (χ2v) is 38.0. The van der Waals surface area contributed by atoms with Gasteiger partial charge in [0, 0.05) is 10.8 Å². The van der Waals surface area contributed by atoms with Crippen molar-refractivity contribution >= 4 is 45.0 Å². The van der Waals surface area contributed by atoms with Crippen molar-refractivity contribution < 1.29 is 0 Å². The lowest BCUT2D eigenvalue weighted by molar-refractivity contribution is 0.412. The summed E-state index contributed by atoms with van der Waals surface area (Å²) in [6.07, 6.45) is 0. The van der Waals surface area contributed by atoms with Gasteiger partial charge in [-0.3, -0.25) is 0 Å². The van der Waals surface area contributed by atoms with Crippen LogP contribution >= 0.6 is 45.0 Å². The van der Waals surface area contributed by atoms with E-state index in [9.17, 15) is 0 Å². The van der Waals surface area contributed by atoms with Gasteiger partial charge in [-0.1, -0.05) is 83.1 Å². The Labute approximate surface area is 169 Å². The van der Waals surface area contributed by atoms with E-state index in [-0.39, 0.29) is 0 Å². The molecule has 6 aliphatic heterocycles. The largest absolute Gasteiger partial charge is 0.0592 e. The molecule has 0 nitrogen and oxygen atoms in total. The highest BCUT2D eigenvalue weighted by atomic mass is 32.6. The van der Waals surface area contributed by atoms with Crippen LogP contribution in [0.25, 0.3) is 0 Å². The molecule has 6 fully saturated rings. The molecular weight excluding hydrogens is 426 g/mol. The molecule has 148 valence electrons. The van der Waals surface area contributed by atoms with Crippen LogP contribution in [0.5, 0.6) is 0 Å². The van der Waals surface area contributed by atoms with Crippen molar-refractivity contribution in [1.29, 1.82) is 0 Å². The molecule has 6 heteroatoms. The molecule has 0 N–H and O–H groups in total. The van der Waals surface area contributed by atoms with Gasteiger partial charge in [0.05, 0.1) is 9.28 Å². The van der Waals surface area contributed by atoms with Crippen molar-refractivity contribution in [3.05, 3.63) is 0 Å². The molecule has 0 aromatic carbocycles. The van der Waals surface area contributed by atoms with Gasteiger partial charge >= 0.3 is 0 Å². The van der Waals surface area contributed by atoms with Gasteiger partial charge in [-0.2, -0.15) is 0 Å². The van der Waals surface area contributed by atoms with E-state index >= 15 is 0 Å². The first kappa shape index (κ1) is 20.5. The van der Waals surface area contributed by atoms with Crippen LogP contribution in [0, 0.1) is 21.7 Å². The van der Waals surface area contributed by atoms with Gasteiger partial charge in [0.2, 0.25) is 0 Å². The molecule has 0 aromatic heterocycles. The maximum atomic E-state index is 2.69. The van der Waals surface area contributed by atoms with Gasteiger partial charge in [0.15, 0.2) is 0 Å². The summed E-state index contributed by atoms with van der Waals surface area (Å²) in [5.74, 6) is 0. The van der Waals surface area contributed by atoms with E-state index in [0.29, 0.717) is 66.7 Å². The van der Waals surface area contributed by atoms with Gasteiger partial charge in [-0.05, 0) is 66.7 Å². The zero-order chi connectivity index (χ0) is 19.6. The summed E-state index contributed by atoms with van der Waals surface area (Å²) < 4.78 is 1.86. The molecule has 6 rings (SSSR count). The van der Waals surface area contributed by atoms with Gasteiger partial charge in [-0.25, -0.2) is 0 Å². The van der Waals surface area contributed by atoms with Crippen LogP contribution in [0.4, 0.5) is 0 Å². The number of hydrogen-bond donors (Lipinski definition) is 0. The molecule has 4 atom stereocenters. The first-order chi connectivity index (χ1) is 11.5. The van der Waals surface area contributed by atoms with Crippen LogP contribution in [0.15, 0.2) is 0 Å². The van der Waals surface area contributed by atoms with Crippen molar-refractivity contribution in [2.24, 2.45) is 21.7 Å². The zero-order valence-electron chi connectivity index (χ0n) is 18.8. The minimum Gasteiger partial charge on any atom is -0.0592 e. The monoisotopic (exact) mass is 464 g/mol. The minimum absolute atomic E-state index is 0.337. The van der Waals surface area contributed by atoms with Crippen molar-refractivity contribution in [2.45, 2.75) is 103 Å². The smallest absolute Gasteiger partial charge is 0.0527 e. The fraction of sp³-hybridized carbons (Fsp3) is 1.00. The van der Waals surface area contributed by atoms with E-state index in [2.05, 4.69) is 83.1 Å². The van der Waals surface area contributed by atoms with E-state index < -0.39 is 0 Å². The molecule has 26 heavy (non-hydrogen) atoms. The maximum absolute atomic E-state index is 2.69. The average Bonchev–Trinajstić information content (AvgIpc) is 2.85. The van der Waals surface area contributed by atoms with E-state index in [1.807, 2.05) is 0 Å². The first-order valence-corrected chi connectivity index (χ1v) is 21.4. The van der Waals surface area contributed by atoms with Crippen molar-refractivity contribution in [3.8, 4) is 0 Å². The average molecular weight is 464 g/mol. The molecule has 6 heterocycles. The summed E-state index contributed by atoms with van der Waals surface area (Å²) in [4.78, 5) is 0. The summed E-state index contributed by atoms with van der Waals surface area (Å²) >= 11 is 0. The highest BCUT2D eigenvalue weighted by Crippen LogP contribution is 3.52. The van der Waals surface area contributed by atoms with Crippen LogP contribution in [0.2, 0.25) is 0 Å². The quantitative estimate of drug-likeness (QED) is 0.313. The van der Waals surface area contributed by atoms with Crippen LogP contribution in [-0.2, 0) is 0 Å². The Kier molecular flexibility index (Phi) is 3.92. The molecule has 0 saturated carbocycles. The Morgan fingerprint density at radius 1 is 0.462 bits per heavy atom. The fourth-order valence-corrected chi connectivity index (χ4v) is 108.